The Hall–Kier alpha value is -3.06. The van der Waals surface area contributed by atoms with E-state index in [9.17, 15) is 9.59 Å². The van der Waals surface area contributed by atoms with Crippen molar-refractivity contribution in [1.82, 2.24) is 10.2 Å². The highest BCUT2D eigenvalue weighted by molar-refractivity contribution is 5.90. The number of urea groups is 1. The lowest BCUT2D eigenvalue weighted by atomic mass is 10.2. The van der Waals surface area contributed by atoms with E-state index in [0.717, 1.165) is 26.1 Å². The number of nitrogens with zero attached hydrogens (tertiary/aromatic N) is 1. The van der Waals surface area contributed by atoms with E-state index in [-0.39, 0.29) is 12.1 Å². The standard InChI is InChI=1S/C21H26N4O3/c1-2-28-21(27)24-18-10-8-17(9-11-18)22-20(26)23-19-12-13-25(15-19)14-16-6-4-3-5-7-16/h3-11,19H,2,12-15H2,1H3,(H,24,27)(H2,22,23,26). The summed E-state index contributed by atoms with van der Waals surface area (Å²) in [4.78, 5) is 26.0. The second-order valence-electron chi connectivity index (χ2n) is 6.73. The first-order chi connectivity index (χ1) is 13.6. The highest BCUT2D eigenvalue weighted by atomic mass is 16.5. The van der Waals surface area contributed by atoms with Gasteiger partial charge in [-0.1, -0.05) is 30.3 Å². The van der Waals surface area contributed by atoms with E-state index < -0.39 is 6.09 Å². The summed E-state index contributed by atoms with van der Waals surface area (Å²) in [5.74, 6) is 0. The molecule has 1 fully saturated rings. The molecule has 7 nitrogen and oxygen atoms in total. The van der Waals surface area contributed by atoms with E-state index in [1.54, 1.807) is 31.2 Å². The molecule has 0 aliphatic carbocycles. The number of carbonyl (C=O) groups is 2. The predicted molar refractivity (Wildman–Crippen MR) is 109 cm³/mol. The van der Waals surface area contributed by atoms with Crippen molar-refractivity contribution in [2.75, 3.05) is 30.3 Å². The molecule has 7 heteroatoms. The van der Waals surface area contributed by atoms with Crippen molar-refractivity contribution in [3.8, 4) is 0 Å². The third kappa shape index (κ3) is 5.99. The molecule has 148 valence electrons. The molecule has 3 amide bonds. The Labute approximate surface area is 165 Å². The van der Waals surface area contributed by atoms with Crippen LogP contribution < -0.4 is 16.0 Å². The van der Waals surface area contributed by atoms with Gasteiger partial charge in [0.05, 0.1) is 6.61 Å². The second kappa shape index (κ2) is 9.75. The highest BCUT2D eigenvalue weighted by Gasteiger charge is 2.23. The van der Waals surface area contributed by atoms with Gasteiger partial charge in [0.1, 0.15) is 0 Å². The average molecular weight is 382 g/mol. The van der Waals surface area contributed by atoms with Crippen molar-refractivity contribution >= 4 is 23.5 Å². The third-order valence-corrected chi connectivity index (χ3v) is 4.52. The maximum Gasteiger partial charge on any atom is 0.411 e. The Morgan fingerprint density at radius 2 is 1.71 bits per heavy atom. The number of anilines is 2. The maximum absolute atomic E-state index is 12.3. The van der Waals surface area contributed by atoms with E-state index >= 15 is 0 Å². The lowest BCUT2D eigenvalue weighted by Gasteiger charge is -2.17. The Kier molecular flexibility index (Phi) is 6.86. The number of ether oxygens (including phenoxy) is 1. The van der Waals surface area contributed by atoms with Crippen molar-refractivity contribution in [2.24, 2.45) is 0 Å². The molecule has 28 heavy (non-hydrogen) atoms. The summed E-state index contributed by atoms with van der Waals surface area (Å²) in [5.41, 5.74) is 2.55. The minimum atomic E-state index is -0.498. The number of benzene rings is 2. The largest absolute Gasteiger partial charge is 0.450 e. The van der Waals surface area contributed by atoms with Gasteiger partial charge in [0.25, 0.3) is 0 Å². The number of hydrogen-bond acceptors (Lipinski definition) is 4. The average Bonchev–Trinajstić information content (AvgIpc) is 3.11. The monoisotopic (exact) mass is 382 g/mol. The summed E-state index contributed by atoms with van der Waals surface area (Å²) in [6.45, 7) is 4.76. The number of hydrogen-bond donors (Lipinski definition) is 3. The van der Waals surface area contributed by atoms with Gasteiger partial charge in [-0.15, -0.1) is 0 Å². The van der Waals surface area contributed by atoms with Crippen molar-refractivity contribution in [3.63, 3.8) is 0 Å². The van der Waals surface area contributed by atoms with Gasteiger partial charge >= 0.3 is 12.1 Å². The minimum absolute atomic E-state index is 0.133. The summed E-state index contributed by atoms with van der Waals surface area (Å²) in [6, 6.07) is 17.1. The Morgan fingerprint density at radius 1 is 1.04 bits per heavy atom. The van der Waals surface area contributed by atoms with Crippen molar-refractivity contribution < 1.29 is 14.3 Å². The van der Waals surface area contributed by atoms with Crippen molar-refractivity contribution in [2.45, 2.75) is 25.9 Å². The summed E-state index contributed by atoms with van der Waals surface area (Å²) in [5, 5.41) is 8.46. The zero-order valence-corrected chi connectivity index (χ0v) is 16.0. The molecule has 1 saturated heterocycles. The molecule has 1 aliphatic rings. The number of amides is 3. The number of rotatable bonds is 6. The van der Waals surface area contributed by atoms with Crippen LogP contribution in [0.15, 0.2) is 54.6 Å². The van der Waals surface area contributed by atoms with Gasteiger partial charge < -0.3 is 15.4 Å². The first-order valence-electron chi connectivity index (χ1n) is 9.50. The summed E-state index contributed by atoms with van der Waals surface area (Å²) < 4.78 is 4.83. The van der Waals surface area contributed by atoms with Crippen LogP contribution in [0.2, 0.25) is 0 Å². The first-order valence-corrected chi connectivity index (χ1v) is 9.50. The number of carbonyl (C=O) groups excluding carboxylic acids is 2. The van der Waals surface area contributed by atoms with Crippen molar-refractivity contribution in [1.29, 1.82) is 0 Å². The molecule has 2 aromatic rings. The van der Waals surface area contributed by atoms with Crippen LogP contribution in [0.25, 0.3) is 0 Å². The Morgan fingerprint density at radius 3 is 2.39 bits per heavy atom. The van der Waals surface area contributed by atoms with Gasteiger partial charge in [0, 0.05) is 37.1 Å². The fourth-order valence-corrected chi connectivity index (χ4v) is 3.21. The van der Waals surface area contributed by atoms with Crippen LogP contribution >= 0.6 is 0 Å². The molecule has 0 saturated carbocycles. The van der Waals surface area contributed by atoms with Crippen LogP contribution in [-0.2, 0) is 11.3 Å². The molecular formula is C21H26N4O3. The topological polar surface area (TPSA) is 82.7 Å². The zero-order valence-electron chi connectivity index (χ0n) is 16.0. The molecule has 3 N–H and O–H groups in total. The van der Waals surface area contributed by atoms with Gasteiger partial charge in [0.15, 0.2) is 0 Å². The van der Waals surface area contributed by atoms with Gasteiger partial charge in [-0.2, -0.15) is 0 Å². The lowest BCUT2D eigenvalue weighted by Crippen LogP contribution is -2.39. The quantitative estimate of drug-likeness (QED) is 0.712. The molecule has 2 aromatic carbocycles. The first kappa shape index (κ1) is 19.7. The number of nitrogens with one attached hydrogen (secondary N) is 3. The smallest absolute Gasteiger partial charge is 0.411 e. The molecule has 1 aliphatic heterocycles. The molecule has 1 atom stereocenters. The SMILES string of the molecule is CCOC(=O)Nc1ccc(NC(=O)NC2CCN(Cc3ccccc3)C2)cc1. The molecule has 1 heterocycles. The second-order valence-corrected chi connectivity index (χ2v) is 6.73. The Balaban J connectivity index is 1.42. The van der Waals surface area contributed by atoms with E-state index in [1.807, 2.05) is 18.2 Å². The van der Waals surface area contributed by atoms with E-state index in [4.69, 9.17) is 4.74 Å². The molecule has 0 radical (unpaired) electrons. The fraction of sp³-hybridized carbons (Fsp3) is 0.333. The van der Waals surface area contributed by atoms with Crippen LogP contribution in [0.3, 0.4) is 0 Å². The van der Waals surface area contributed by atoms with Crippen LogP contribution in [0.4, 0.5) is 21.0 Å². The molecule has 0 aromatic heterocycles. The van der Waals surface area contributed by atoms with Crippen LogP contribution in [0.5, 0.6) is 0 Å². The predicted octanol–water partition coefficient (Wildman–Crippen LogP) is 3.65. The van der Waals surface area contributed by atoms with Gasteiger partial charge in [-0.05, 0) is 43.2 Å². The van der Waals surface area contributed by atoms with Crippen LogP contribution in [-0.4, -0.2) is 42.8 Å². The number of likely N-dealkylation sites (tertiary alicyclic amines) is 1. The third-order valence-electron chi connectivity index (χ3n) is 4.52. The van der Waals surface area contributed by atoms with E-state index in [0.29, 0.717) is 18.0 Å². The van der Waals surface area contributed by atoms with Gasteiger partial charge in [-0.3, -0.25) is 10.2 Å². The van der Waals surface area contributed by atoms with Gasteiger partial charge in [-0.25, -0.2) is 9.59 Å². The summed E-state index contributed by atoms with van der Waals surface area (Å²) >= 11 is 0. The van der Waals surface area contributed by atoms with E-state index in [1.165, 1.54) is 5.56 Å². The van der Waals surface area contributed by atoms with Crippen LogP contribution in [0, 0.1) is 0 Å². The minimum Gasteiger partial charge on any atom is -0.450 e. The molecule has 1 unspecified atom stereocenters. The molecule has 0 bridgehead atoms. The fourth-order valence-electron chi connectivity index (χ4n) is 3.21. The zero-order chi connectivity index (χ0) is 19.8. The molecule has 0 spiro atoms. The molecular weight excluding hydrogens is 356 g/mol. The maximum atomic E-state index is 12.3. The Bertz CT molecular complexity index is 780. The lowest BCUT2D eigenvalue weighted by molar-refractivity contribution is 0.168. The highest BCUT2D eigenvalue weighted by Crippen LogP contribution is 2.15. The molecule has 3 rings (SSSR count). The van der Waals surface area contributed by atoms with Gasteiger partial charge in [0.2, 0.25) is 0 Å². The van der Waals surface area contributed by atoms with Crippen LogP contribution in [0.1, 0.15) is 18.9 Å². The van der Waals surface area contributed by atoms with Crippen molar-refractivity contribution in [3.05, 3.63) is 60.2 Å². The summed E-state index contributed by atoms with van der Waals surface area (Å²) in [6.07, 6.45) is 0.435. The van der Waals surface area contributed by atoms with E-state index in [2.05, 4.69) is 33.0 Å². The summed E-state index contributed by atoms with van der Waals surface area (Å²) in [7, 11) is 0. The normalized spacial score (nSPS) is 16.4.